The van der Waals surface area contributed by atoms with Crippen LogP contribution in [0.2, 0.25) is 0 Å². The van der Waals surface area contributed by atoms with Gasteiger partial charge in [0.25, 0.3) is 0 Å². The molecule has 4 rings (SSSR count). The van der Waals surface area contributed by atoms with Crippen molar-refractivity contribution in [2.45, 2.75) is 11.9 Å². The number of halogens is 2. The van der Waals surface area contributed by atoms with Gasteiger partial charge in [-0.2, -0.15) is 0 Å². The average Bonchev–Trinajstić information content (AvgIpc) is 3.19. The van der Waals surface area contributed by atoms with Crippen LogP contribution in [0.15, 0.2) is 36.4 Å². The van der Waals surface area contributed by atoms with Crippen molar-refractivity contribution in [3.05, 3.63) is 59.2 Å². The largest absolute Gasteiger partial charge is 0.450 e. The predicted molar refractivity (Wildman–Crippen MR) is 78.6 cm³/mol. The van der Waals surface area contributed by atoms with E-state index in [4.69, 9.17) is 4.74 Å². The van der Waals surface area contributed by atoms with Crippen molar-refractivity contribution < 1.29 is 18.3 Å². The summed E-state index contributed by atoms with van der Waals surface area (Å²) in [4.78, 5) is 13.6. The first kappa shape index (κ1) is 13.6. The number of rotatable bonds is 3. The number of benzene rings is 2. The highest BCUT2D eigenvalue weighted by atomic mass is 32.2. The highest BCUT2D eigenvalue weighted by molar-refractivity contribution is 8.00. The van der Waals surface area contributed by atoms with Crippen LogP contribution in [0.25, 0.3) is 0 Å². The average molecular weight is 319 g/mol. The second kappa shape index (κ2) is 4.98. The Kier molecular flexibility index (Phi) is 3.07. The van der Waals surface area contributed by atoms with Crippen molar-refractivity contribution in [2.24, 2.45) is 0 Å². The number of carbonyl (C=O) groups excluding carboxylic acids is 1. The van der Waals surface area contributed by atoms with Crippen molar-refractivity contribution >= 4 is 17.7 Å². The van der Waals surface area contributed by atoms with Gasteiger partial charge in [-0.15, -0.1) is 11.8 Å². The molecule has 0 bridgehead atoms. The molecule has 1 unspecified atom stereocenters. The zero-order valence-corrected chi connectivity index (χ0v) is 12.2. The summed E-state index contributed by atoms with van der Waals surface area (Å²) in [5.41, 5.74) is 0.829. The second-order valence-corrected chi connectivity index (χ2v) is 6.26. The molecule has 1 amide bonds. The minimum atomic E-state index is -0.632. The van der Waals surface area contributed by atoms with E-state index in [0.29, 0.717) is 5.75 Å². The van der Waals surface area contributed by atoms with Gasteiger partial charge in [0.1, 0.15) is 17.0 Å². The summed E-state index contributed by atoms with van der Waals surface area (Å²) in [5, 5.41) is -0.249. The van der Waals surface area contributed by atoms with Crippen LogP contribution in [-0.2, 0) is 11.3 Å². The highest BCUT2D eigenvalue weighted by Crippen LogP contribution is 2.49. The number of amides is 1. The van der Waals surface area contributed by atoms with Gasteiger partial charge in [0.05, 0.1) is 12.3 Å². The number of fused-ring (bicyclic) bond motifs is 1. The summed E-state index contributed by atoms with van der Waals surface area (Å²) in [6.07, 6.45) is 0. The molecule has 2 aromatic rings. The standard InChI is InChI=1S/C16H11F2NO2S/c17-11-2-1-3-12(18)10(11)7-19-15(20)8-22-16(19)9-4-5-13-14(6-9)21-13/h1-6,16H,7-8H2. The third-order valence-electron chi connectivity index (χ3n) is 3.79. The van der Waals surface area contributed by atoms with E-state index >= 15 is 0 Å². The molecule has 112 valence electrons. The van der Waals surface area contributed by atoms with E-state index < -0.39 is 11.6 Å². The Labute approximate surface area is 129 Å². The summed E-state index contributed by atoms with van der Waals surface area (Å²) in [6, 6.07) is 9.32. The fourth-order valence-corrected chi connectivity index (χ4v) is 3.77. The van der Waals surface area contributed by atoms with Crippen LogP contribution in [0.4, 0.5) is 8.78 Å². The Morgan fingerprint density at radius 2 is 1.95 bits per heavy atom. The molecular weight excluding hydrogens is 308 g/mol. The van der Waals surface area contributed by atoms with Crippen LogP contribution in [0.5, 0.6) is 11.5 Å². The lowest BCUT2D eigenvalue weighted by Crippen LogP contribution is -2.28. The Balaban J connectivity index is 1.65. The van der Waals surface area contributed by atoms with E-state index in [0.717, 1.165) is 17.1 Å². The van der Waals surface area contributed by atoms with Gasteiger partial charge in [-0.05, 0) is 29.8 Å². The number of hydrogen-bond acceptors (Lipinski definition) is 3. The molecule has 1 fully saturated rings. The number of hydrogen-bond donors (Lipinski definition) is 0. The molecule has 2 aliphatic rings. The number of carbonyl (C=O) groups is 1. The fourth-order valence-electron chi connectivity index (χ4n) is 2.59. The van der Waals surface area contributed by atoms with Crippen LogP contribution in [0.3, 0.4) is 0 Å². The Bertz CT molecular complexity index is 760. The summed E-state index contributed by atoms with van der Waals surface area (Å²) in [7, 11) is 0. The summed E-state index contributed by atoms with van der Waals surface area (Å²) in [5.74, 6) is 0.556. The van der Waals surface area contributed by atoms with Gasteiger partial charge in [-0.1, -0.05) is 12.1 Å². The monoisotopic (exact) mass is 319 g/mol. The fraction of sp³-hybridized carbons (Fsp3) is 0.188. The van der Waals surface area contributed by atoms with E-state index in [-0.39, 0.29) is 23.4 Å². The van der Waals surface area contributed by atoms with Gasteiger partial charge in [0.2, 0.25) is 5.91 Å². The SMILES string of the molecule is O=C1CSC(c2ccc3c(c2)O3)N1Cc1c(F)cccc1F. The van der Waals surface area contributed by atoms with Crippen molar-refractivity contribution in [1.29, 1.82) is 0 Å². The lowest BCUT2D eigenvalue weighted by Gasteiger charge is -2.24. The molecule has 0 aliphatic carbocycles. The van der Waals surface area contributed by atoms with Crippen molar-refractivity contribution in [3.63, 3.8) is 0 Å². The molecule has 0 radical (unpaired) electrons. The van der Waals surface area contributed by atoms with Gasteiger partial charge in [-0.3, -0.25) is 4.79 Å². The van der Waals surface area contributed by atoms with E-state index in [2.05, 4.69) is 0 Å². The second-order valence-electron chi connectivity index (χ2n) is 5.19. The topological polar surface area (TPSA) is 32.8 Å². The zero-order chi connectivity index (χ0) is 15.3. The Hall–Kier alpha value is -2.08. The maximum Gasteiger partial charge on any atom is 0.234 e. The summed E-state index contributed by atoms with van der Waals surface area (Å²) < 4.78 is 32.9. The van der Waals surface area contributed by atoms with Gasteiger partial charge in [0.15, 0.2) is 11.5 Å². The molecule has 22 heavy (non-hydrogen) atoms. The molecule has 2 heterocycles. The minimum Gasteiger partial charge on any atom is -0.450 e. The highest BCUT2D eigenvalue weighted by Gasteiger charge is 2.35. The summed E-state index contributed by atoms with van der Waals surface area (Å²) in [6.45, 7) is -0.0764. The number of nitrogens with zero attached hydrogens (tertiary/aromatic N) is 1. The first-order valence-corrected chi connectivity index (χ1v) is 7.84. The quantitative estimate of drug-likeness (QED) is 0.688. The molecule has 0 spiro atoms. The van der Waals surface area contributed by atoms with Crippen molar-refractivity contribution in [2.75, 3.05) is 5.75 Å². The predicted octanol–water partition coefficient (Wildman–Crippen LogP) is 3.84. The third kappa shape index (κ3) is 2.23. The van der Waals surface area contributed by atoms with E-state index in [9.17, 15) is 13.6 Å². The van der Waals surface area contributed by atoms with Crippen LogP contribution in [0.1, 0.15) is 16.5 Å². The van der Waals surface area contributed by atoms with Gasteiger partial charge in [-0.25, -0.2) is 8.78 Å². The zero-order valence-electron chi connectivity index (χ0n) is 11.4. The summed E-state index contributed by atoms with van der Waals surface area (Å²) >= 11 is 1.45. The maximum atomic E-state index is 13.8. The van der Waals surface area contributed by atoms with E-state index in [1.807, 2.05) is 18.2 Å². The molecule has 6 heteroatoms. The first-order valence-electron chi connectivity index (χ1n) is 6.79. The van der Waals surface area contributed by atoms with E-state index in [1.54, 1.807) is 0 Å². The van der Waals surface area contributed by atoms with Crippen LogP contribution < -0.4 is 4.74 Å². The van der Waals surface area contributed by atoms with Gasteiger partial charge >= 0.3 is 0 Å². The smallest absolute Gasteiger partial charge is 0.234 e. The molecule has 0 aromatic heterocycles. The Morgan fingerprint density at radius 3 is 2.68 bits per heavy atom. The lowest BCUT2D eigenvalue weighted by molar-refractivity contribution is -0.128. The molecule has 2 aromatic carbocycles. The first-order chi connectivity index (χ1) is 10.6. The van der Waals surface area contributed by atoms with Crippen molar-refractivity contribution in [1.82, 2.24) is 4.90 Å². The van der Waals surface area contributed by atoms with Crippen LogP contribution in [0, 0.1) is 11.6 Å². The van der Waals surface area contributed by atoms with Gasteiger partial charge in [0, 0.05) is 5.56 Å². The number of thioether (sulfide) groups is 1. The van der Waals surface area contributed by atoms with Crippen LogP contribution in [-0.4, -0.2) is 16.6 Å². The number of ether oxygens (including phenoxy) is 1. The molecule has 1 atom stereocenters. The van der Waals surface area contributed by atoms with Crippen LogP contribution >= 0.6 is 11.8 Å². The Morgan fingerprint density at radius 1 is 1.18 bits per heavy atom. The van der Waals surface area contributed by atoms with E-state index in [1.165, 1.54) is 34.9 Å². The third-order valence-corrected chi connectivity index (χ3v) is 5.05. The normalized spacial score (nSPS) is 19.1. The molecule has 1 saturated heterocycles. The maximum absolute atomic E-state index is 13.8. The van der Waals surface area contributed by atoms with Gasteiger partial charge < -0.3 is 9.64 Å². The molecule has 2 aliphatic heterocycles. The molecule has 3 nitrogen and oxygen atoms in total. The minimum absolute atomic E-state index is 0.0764. The molecule has 0 N–H and O–H groups in total. The lowest BCUT2D eigenvalue weighted by atomic mass is 10.1. The molecular formula is C16H11F2NO2S. The molecule has 0 saturated carbocycles. The van der Waals surface area contributed by atoms with Crippen molar-refractivity contribution in [3.8, 4) is 11.5 Å².